The zero-order chi connectivity index (χ0) is 16.5. The lowest BCUT2D eigenvalue weighted by Crippen LogP contribution is -2.18. The number of aryl methyl sites for hydroxylation is 1. The number of pyridine rings is 1. The van der Waals surface area contributed by atoms with E-state index >= 15 is 0 Å². The second-order valence-electron chi connectivity index (χ2n) is 6.33. The first-order chi connectivity index (χ1) is 11.7. The van der Waals surface area contributed by atoms with Crippen molar-refractivity contribution in [3.05, 3.63) is 89.1 Å². The highest BCUT2D eigenvalue weighted by Gasteiger charge is 2.22. The minimum absolute atomic E-state index is 0.141. The van der Waals surface area contributed by atoms with E-state index in [1.54, 1.807) is 0 Å². The molecule has 1 aliphatic rings. The van der Waals surface area contributed by atoms with Crippen LogP contribution in [0.4, 0.5) is 11.5 Å². The second kappa shape index (κ2) is 6.10. The summed E-state index contributed by atoms with van der Waals surface area (Å²) in [5.74, 6) is 1.03. The molecule has 0 amide bonds. The maximum absolute atomic E-state index is 6.41. The first kappa shape index (κ1) is 14.9. The molecule has 3 nitrogen and oxygen atoms in total. The Hall–Kier alpha value is -2.65. The third-order valence-electron chi connectivity index (χ3n) is 4.73. The summed E-state index contributed by atoms with van der Waals surface area (Å²) in [5.41, 5.74) is 12.4. The van der Waals surface area contributed by atoms with Crippen LogP contribution >= 0.6 is 0 Å². The van der Waals surface area contributed by atoms with Gasteiger partial charge in [-0.25, -0.2) is 4.98 Å². The van der Waals surface area contributed by atoms with Crippen molar-refractivity contribution in [2.24, 2.45) is 5.73 Å². The summed E-state index contributed by atoms with van der Waals surface area (Å²) in [4.78, 5) is 7.06. The van der Waals surface area contributed by atoms with E-state index in [9.17, 15) is 0 Å². The lowest BCUT2D eigenvalue weighted by atomic mass is 10.00. The molecule has 4 rings (SSSR count). The highest BCUT2D eigenvalue weighted by molar-refractivity contribution is 5.69. The maximum atomic E-state index is 6.41. The smallest absolute Gasteiger partial charge is 0.135 e. The standard InChI is InChI=1S/C21H21N3/c1-15-13-18(20(22)17-8-3-2-4-9-17)14-23-21(15)24-12-11-16-7-5-6-10-19(16)24/h2-10,13-14,20H,11-12,22H2,1H3. The van der Waals surface area contributed by atoms with Crippen molar-refractivity contribution in [1.82, 2.24) is 4.98 Å². The van der Waals surface area contributed by atoms with Crippen LogP contribution in [0.25, 0.3) is 0 Å². The van der Waals surface area contributed by atoms with Gasteiger partial charge in [-0.05, 0) is 47.7 Å². The molecule has 2 aromatic carbocycles. The highest BCUT2D eigenvalue weighted by Crippen LogP contribution is 2.35. The predicted molar refractivity (Wildman–Crippen MR) is 98.6 cm³/mol. The fraction of sp³-hybridized carbons (Fsp3) is 0.190. The number of para-hydroxylation sites is 1. The number of nitrogens with zero attached hydrogens (tertiary/aromatic N) is 2. The lowest BCUT2D eigenvalue weighted by Gasteiger charge is -2.22. The van der Waals surface area contributed by atoms with Gasteiger partial charge in [0, 0.05) is 18.4 Å². The molecule has 0 bridgehead atoms. The molecule has 1 aliphatic heterocycles. The molecule has 0 saturated carbocycles. The molecule has 1 unspecified atom stereocenters. The number of aromatic nitrogens is 1. The average Bonchev–Trinajstić information content (AvgIpc) is 3.06. The van der Waals surface area contributed by atoms with Crippen LogP contribution in [0, 0.1) is 6.92 Å². The number of rotatable bonds is 3. The SMILES string of the molecule is Cc1cc(C(N)c2ccccc2)cnc1N1CCc2ccccc21. The van der Waals surface area contributed by atoms with E-state index in [2.05, 4.69) is 54.3 Å². The molecule has 2 heterocycles. The van der Waals surface area contributed by atoms with E-state index in [4.69, 9.17) is 10.7 Å². The fourth-order valence-electron chi connectivity index (χ4n) is 3.45. The molecule has 1 aromatic heterocycles. The van der Waals surface area contributed by atoms with Crippen molar-refractivity contribution in [2.45, 2.75) is 19.4 Å². The number of benzene rings is 2. The molecule has 1 atom stereocenters. The summed E-state index contributed by atoms with van der Waals surface area (Å²) in [5, 5.41) is 0. The van der Waals surface area contributed by atoms with E-state index in [-0.39, 0.29) is 6.04 Å². The number of hydrogen-bond donors (Lipinski definition) is 1. The van der Waals surface area contributed by atoms with Crippen molar-refractivity contribution < 1.29 is 0 Å². The Morgan fingerprint density at radius 2 is 1.75 bits per heavy atom. The summed E-state index contributed by atoms with van der Waals surface area (Å²) >= 11 is 0. The van der Waals surface area contributed by atoms with Crippen LogP contribution in [0.3, 0.4) is 0 Å². The van der Waals surface area contributed by atoms with Crippen molar-refractivity contribution in [1.29, 1.82) is 0 Å². The van der Waals surface area contributed by atoms with Gasteiger partial charge < -0.3 is 10.6 Å². The molecule has 2 N–H and O–H groups in total. The van der Waals surface area contributed by atoms with Gasteiger partial charge in [0.2, 0.25) is 0 Å². The second-order valence-corrected chi connectivity index (χ2v) is 6.33. The molecule has 0 fully saturated rings. The first-order valence-corrected chi connectivity index (χ1v) is 8.36. The van der Waals surface area contributed by atoms with Gasteiger partial charge in [0.15, 0.2) is 0 Å². The summed E-state index contributed by atoms with van der Waals surface area (Å²) in [7, 11) is 0. The van der Waals surface area contributed by atoms with Crippen LogP contribution in [0.1, 0.15) is 28.3 Å². The van der Waals surface area contributed by atoms with E-state index in [1.165, 1.54) is 11.3 Å². The summed E-state index contributed by atoms with van der Waals surface area (Å²) < 4.78 is 0. The Morgan fingerprint density at radius 3 is 2.54 bits per heavy atom. The molecule has 3 heteroatoms. The third-order valence-corrected chi connectivity index (χ3v) is 4.73. The van der Waals surface area contributed by atoms with Gasteiger partial charge in [-0.1, -0.05) is 48.5 Å². The number of nitrogens with two attached hydrogens (primary N) is 1. The zero-order valence-electron chi connectivity index (χ0n) is 13.8. The molecule has 0 radical (unpaired) electrons. The number of fused-ring (bicyclic) bond motifs is 1. The Kier molecular flexibility index (Phi) is 3.79. The van der Waals surface area contributed by atoms with Crippen molar-refractivity contribution in [3.63, 3.8) is 0 Å². The number of hydrogen-bond acceptors (Lipinski definition) is 3. The lowest BCUT2D eigenvalue weighted by molar-refractivity contribution is 0.856. The predicted octanol–water partition coefficient (Wildman–Crippen LogP) is 4.13. The van der Waals surface area contributed by atoms with Crippen molar-refractivity contribution in [2.75, 3.05) is 11.4 Å². The topological polar surface area (TPSA) is 42.1 Å². The quantitative estimate of drug-likeness (QED) is 0.790. The van der Waals surface area contributed by atoms with Gasteiger partial charge in [-0.2, -0.15) is 0 Å². The molecule has 120 valence electrons. The van der Waals surface area contributed by atoms with Gasteiger partial charge in [-0.15, -0.1) is 0 Å². The minimum atomic E-state index is -0.141. The van der Waals surface area contributed by atoms with Gasteiger partial charge in [-0.3, -0.25) is 0 Å². The molecule has 0 aliphatic carbocycles. The van der Waals surface area contributed by atoms with Crippen LogP contribution in [-0.4, -0.2) is 11.5 Å². The Balaban J connectivity index is 1.66. The fourth-order valence-corrected chi connectivity index (χ4v) is 3.45. The van der Waals surface area contributed by atoms with E-state index in [1.807, 2.05) is 24.4 Å². The number of anilines is 2. The average molecular weight is 315 g/mol. The normalized spacial score (nSPS) is 14.5. The molecule has 24 heavy (non-hydrogen) atoms. The maximum Gasteiger partial charge on any atom is 0.135 e. The van der Waals surface area contributed by atoms with Crippen LogP contribution in [-0.2, 0) is 6.42 Å². The summed E-state index contributed by atoms with van der Waals surface area (Å²) in [6, 6.07) is 20.8. The van der Waals surface area contributed by atoms with Crippen LogP contribution in [0.2, 0.25) is 0 Å². The van der Waals surface area contributed by atoms with E-state index < -0.39 is 0 Å². The van der Waals surface area contributed by atoms with Crippen LogP contribution < -0.4 is 10.6 Å². The molecule has 0 saturated heterocycles. The minimum Gasteiger partial charge on any atom is -0.326 e. The highest BCUT2D eigenvalue weighted by atomic mass is 15.2. The molecule has 0 spiro atoms. The van der Waals surface area contributed by atoms with E-state index in [0.29, 0.717) is 0 Å². The molecular formula is C21H21N3. The van der Waals surface area contributed by atoms with Crippen molar-refractivity contribution >= 4 is 11.5 Å². The largest absolute Gasteiger partial charge is 0.326 e. The van der Waals surface area contributed by atoms with E-state index in [0.717, 1.165) is 35.5 Å². The zero-order valence-corrected chi connectivity index (χ0v) is 13.8. The Bertz CT molecular complexity index is 858. The van der Waals surface area contributed by atoms with Gasteiger partial charge in [0.25, 0.3) is 0 Å². The molecule has 3 aromatic rings. The van der Waals surface area contributed by atoms with Crippen LogP contribution in [0.5, 0.6) is 0 Å². The van der Waals surface area contributed by atoms with Gasteiger partial charge in [0.05, 0.1) is 6.04 Å². The van der Waals surface area contributed by atoms with Gasteiger partial charge in [0.1, 0.15) is 5.82 Å². The summed E-state index contributed by atoms with van der Waals surface area (Å²) in [6.45, 7) is 3.10. The Labute approximate surface area is 142 Å². The first-order valence-electron chi connectivity index (χ1n) is 8.36. The monoisotopic (exact) mass is 315 g/mol. The van der Waals surface area contributed by atoms with Crippen LogP contribution in [0.15, 0.2) is 66.9 Å². The van der Waals surface area contributed by atoms with Gasteiger partial charge >= 0.3 is 0 Å². The third kappa shape index (κ3) is 2.57. The summed E-state index contributed by atoms with van der Waals surface area (Å²) in [6.07, 6.45) is 2.99. The van der Waals surface area contributed by atoms with Crippen molar-refractivity contribution in [3.8, 4) is 0 Å². The Morgan fingerprint density at radius 1 is 1.00 bits per heavy atom. The molecular weight excluding hydrogens is 294 g/mol.